The smallest absolute Gasteiger partial charge is 0.258 e. The van der Waals surface area contributed by atoms with Gasteiger partial charge in [-0.3, -0.25) is 19.4 Å². The van der Waals surface area contributed by atoms with Crippen molar-refractivity contribution in [3.05, 3.63) is 108 Å². The van der Waals surface area contributed by atoms with Crippen LogP contribution >= 0.6 is 0 Å². The van der Waals surface area contributed by atoms with E-state index in [1.165, 1.54) is 25.4 Å². The van der Waals surface area contributed by atoms with Crippen LogP contribution in [0.25, 0.3) is 11.1 Å². The number of rotatable bonds is 3. The topological polar surface area (TPSA) is 119 Å². The van der Waals surface area contributed by atoms with Crippen LogP contribution < -0.4 is 24.8 Å². The first-order chi connectivity index (χ1) is 21.8. The molecular formula is C34H31FN4O6. The van der Waals surface area contributed by atoms with Crippen LogP contribution in [0, 0.1) is 5.82 Å². The molecule has 4 heterocycles. The molecule has 3 amide bonds. The SMILES string of the molecule is COc1cc2ccc1CNC(=O)COc1cccc(c1)-c1cncc(c1)C(=O)N[C@H]1CN(C(=O)Cc3cccc(F)c3)C[C@@H]1O2. The van der Waals surface area contributed by atoms with Gasteiger partial charge in [-0.2, -0.15) is 0 Å². The van der Waals surface area contributed by atoms with Gasteiger partial charge >= 0.3 is 0 Å². The van der Waals surface area contributed by atoms with E-state index in [0.29, 0.717) is 33.9 Å². The van der Waals surface area contributed by atoms with Crippen molar-refractivity contribution < 1.29 is 33.0 Å². The van der Waals surface area contributed by atoms with E-state index >= 15 is 0 Å². The van der Waals surface area contributed by atoms with Gasteiger partial charge < -0.3 is 29.7 Å². The van der Waals surface area contributed by atoms with Crippen LogP contribution in [0.2, 0.25) is 0 Å². The van der Waals surface area contributed by atoms with Crippen molar-refractivity contribution in [2.45, 2.75) is 25.1 Å². The molecule has 6 bridgehead atoms. The number of fused-ring (bicyclic) bond motifs is 7. The van der Waals surface area contributed by atoms with E-state index in [-0.39, 0.29) is 50.4 Å². The molecule has 0 aliphatic carbocycles. The second-order valence-corrected chi connectivity index (χ2v) is 10.9. The molecule has 4 aromatic rings. The number of benzene rings is 3. The lowest BCUT2D eigenvalue weighted by Gasteiger charge is -2.22. The summed E-state index contributed by atoms with van der Waals surface area (Å²) in [5, 5.41) is 5.88. The Bertz CT molecular complexity index is 1750. The first-order valence-corrected chi connectivity index (χ1v) is 14.5. The fraction of sp³-hybridized carbons (Fsp3) is 0.235. The highest BCUT2D eigenvalue weighted by molar-refractivity contribution is 5.95. The molecule has 11 heteroatoms. The minimum absolute atomic E-state index is 0.00807. The maximum absolute atomic E-state index is 13.8. The van der Waals surface area contributed by atoms with Crippen LogP contribution in [-0.4, -0.2) is 66.6 Å². The molecule has 3 aliphatic rings. The van der Waals surface area contributed by atoms with Gasteiger partial charge in [-0.15, -0.1) is 0 Å². The zero-order valence-corrected chi connectivity index (χ0v) is 24.5. The zero-order chi connectivity index (χ0) is 31.3. The van der Waals surface area contributed by atoms with Gasteiger partial charge in [0.25, 0.3) is 11.8 Å². The second-order valence-electron chi connectivity index (χ2n) is 10.9. The van der Waals surface area contributed by atoms with E-state index in [1.807, 2.05) is 6.07 Å². The summed E-state index contributed by atoms with van der Waals surface area (Å²) in [6.45, 7) is 0.405. The molecule has 3 aromatic carbocycles. The largest absolute Gasteiger partial charge is 0.496 e. The van der Waals surface area contributed by atoms with E-state index < -0.39 is 18.0 Å². The number of methoxy groups -OCH3 is 1. The molecule has 230 valence electrons. The summed E-state index contributed by atoms with van der Waals surface area (Å²) in [7, 11) is 1.52. The zero-order valence-electron chi connectivity index (χ0n) is 24.5. The molecule has 7 rings (SSSR count). The van der Waals surface area contributed by atoms with Crippen LogP contribution in [-0.2, 0) is 22.6 Å². The van der Waals surface area contributed by atoms with Crippen molar-refractivity contribution in [3.8, 4) is 28.4 Å². The number of carbonyl (C=O) groups excluding carboxylic acids is 3. The second kappa shape index (κ2) is 13.0. The number of ether oxygens (including phenoxy) is 3. The fourth-order valence-corrected chi connectivity index (χ4v) is 5.42. The Labute approximate surface area is 259 Å². The van der Waals surface area contributed by atoms with Crippen molar-refractivity contribution in [2.24, 2.45) is 0 Å². The Balaban J connectivity index is 1.31. The third-order valence-corrected chi connectivity index (χ3v) is 7.74. The normalized spacial score (nSPS) is 18.1. The molecule has 0 unspecified atom stereocenters. The molecule has 45 heavy (non-hydrogen) atoms. The van der Waals surface area contributed by atoms with Gasteiger partial charge in [-0.25, -0.2) is 4.39 Å². The predicted octanol–water partition coefficient (Wildman–Crippen LogP) is 3.54. The van der Waals surface area contributed by atoms with Crippen molar-refractivity contribution in [3.63, 3.8) is 0 Å². The summed E-state index contributed by atoms with van der Waals surface area (Å²) < 4.78 is 31.4. The summed E-state index contributed by atoms with van der Waals surface area (Å²) >= 11 is 0. The van der Waals surface area contributed by atoms with Crippen molar-refractivity contribution in [1.82, 2.24) is 20.5 Å². The molecule has 2 atom stereocenters. The number of amides is 3. The molecule has 10 nitrogen and oxygen atoms in total. The van der Waals surface area contributed by atoms with Gasteiger partial charge in [0.2, 0.25) is 5.91 Å². The van der Waals surface area contributed by atoms with Gasteiger partial charge in [-0.05, 0) is 53.6 Å². The van der Waals surface area contributed by atoms with E-state index in [1.54, 1.807) is 65.7 Å². The number of carbonyl (C=O) groups is 3. The number of halogens is 1. The molecule has 0 spiro atoms. The highest BCUT2D eigenvalue weighted by Crippen LogP contribution is 2.28. The number of pyridine rings is 1. The Morgan fingerprint density at radius 3 is 2.67 bits per heavy atom. The van der Waals surface area contributed by atoms with E-state index in [0.717, 1.165) is 11.1 Å². The lowest BCUT2D eigenvalue weighted by Crippen LogP contribution is -2.45. The number of nitrogens with one attached hydrogen (secondary N) is 2. The van der Waals surface area contributed by atoms with Gasteiger partial charge in [-0.1, -0.05) is 24.3 Å². The van der Waals surface area contributed by atoms with E-state index in [4.69, 9.17) is 14.2 Å². The minimum Gasteiger partial charge on any atom is -0.496 e. The van der Waals surface area contributed by atoms with Crippen molar-refractivity contribution >= 4 is 17.7 Å². The maximum atomic E-state index is 13.8. The summed E-state index contributed by atoms with van der Waals surface area (Å²) in [6.07, 6.45) is 2.51. The van der Waals surface area contributed by atoms with Gasteiger partial charge in [0.05, 0.1) is 31.7 Å². The van der Waals surface area contributed by atoms with Gasteiger partial charge in [0.1, 0.15) is 29.2 Å². The molecular weight excluding hydrogens is 579 g/mol. The summed E-state index contributed by atoms with van der Waals surface area (Å²) in [4.78, 5) is 45.3. The number of aromatic nitrogens is 1. The molecule has 1 fully saturated rings. The van der Waals surface area contributed by atoms with Crippen molar-refractivity contribution in [1.29, 1.82) is 0 Å². The Morgan fingerprint density at radius 2 is 1.82 bits per heavy atom. The molecule has 1 aromatic heterocycles. The molecule has 0 saturated carbocycles. The quantitative estimate of drug-likeness (QED) is 0.364. The van der Waals surface area contributed by atoms with E-state index in [2.05, 4.69) is 15.6 Å². The summed E-state index contributed by atoms with van der Waals surface area (Å²) in [5.41, 5.74) is 3.04. The minimum atomic E-state index is -0.601. The summed E-state index contributed by atoms with van der Waals surface area (Å²) in [5.74, 6) is 0.125. The van der Waals surface area contributed by atoms with Crippen LogP contribution in [0.3, 0.4) is 0 Å². The first-order valence-electron chi connectivity index (χ1n) is 14.5. The Morgan fingerprint density at radius 1 is 0.978 bits per heavy atom. The average molecular weight is 611 g/mol. The molecule has 2 N–H and O–H groups in total. The van der Waals surface area contributed by atoms with Gasteiger partial charge in [0, 0.05) is 42.7 Å². The summed E-state index contributed by atoms with van der Waals surface area (Å²) in [6, 6.07) is 19.5. The van der Waals surface area contributed by atoms with Crippen LogP contribution in [0.15, 0.2) is 85.2 Å². The molecule has 0 radical (unpaired) electrons. The lowest BCUT2D eigenvalue weighted by atomic mass is 10.1. The maximum Gasteiger partial charge on any atom is 0.258 e. The number of hydrogen-bond acceptors (Lipinski definition) is 7. The van der Waals surface area contributed by atoms with E-state index in [9.17, 15) is 18.8 Å². The highest BCUT2D eigenvalue weighted by Gasteiger charge is 2.38. The standard InChI is InChI=1S/C34H31FN4O6/c1-43-30-14-28-9-8-23(30)17-37-32(40)20-44-27-7-3-5-22(13-27)24-12-25(16-36-15-24)34(42)38-29-18-39(19-31(29)45-28)33(41)11-21-4-2-6-26(35)10-21/h2-10,12-16,29,31H,11,17-20H2,1H3,(H,37,40)(H,38,42)/t29-,31-/m0/s1. The molecule has 3 aliphatic heterocycles. The highest BCUT2D eigenvalue weighted by atomic mass is 19.1. The van der Waals surface area contributed by atoms with Crippen LogP contribution in [0.4, 0.5) is 4.39 Å². The number of nitrogens with zero attached hydrogens (tertiary/aromatic N) is 2. The first kappa shape index (κ1) is 29.6. The van der Waals surface area contributed by atoms with Crippen LogP contribution in [0.1, 0.15) is 21.5 Å². The Kier molecular flexibility index (Phi) is 8.58. The number of likely N-dealkylation sites (tertiary alicyclic amines) is 1. The fourth-order valence-electron chi connectivity index (χ4n) is 5.42. The van der Waals surface area contributed by atoms with Crippen molar-refractivity contribution in [2.75, 3.05) is 26.8 Å². The predicted molar refractivity (Wildman–Crippen MR) is 162 cm³/mol. The number of hydrogen-bond donors (Lipinski definition) is 2. The third kappa shape index (κ3) is 7.04. The third-order valence-electron chi connectivity index (χ3n) is 7.74. The van der Waals surface area contributed by atoms with Crippen LogP contribution in [0.5, 0.6) is 17.2 Å². The van der Waals surface area contributed by atoms with Gasteiger partial charge in [0.15, 0.2) is 6.61 Å². The average Bonchev–Trinajstić information content (AvgIpc) is 3.44. The monoisotopic (exact) mass is 610 g/mol. The lowest BCUT2D eigenvalue weighted by molar-refractivity contribution is -0.129. The Hall–Kier alpha value is -5.45. The molecule has 1 saturated heterocycles.